The van der Waals surface area contributed by atoms with E-state index in [0.717, 1.165) is 33.7 Å². The normalized spacial score (nSPS) is 11.5. The predicted molar refractivity (Wildman–Crippen MR) is 163 cm³/mol. The van der Waals surface area contributed by atoms with Gasteiger partial charge in [0.25, 0.3) is 0 Å². The first-order chi connectivity index (χ1) is 20.1. The maximum atomic E-state index is 10.8. The van der Waals surface area contributed by atoms with E-state index in [-0.39, 0.29) is 0 Å². The Hall–Kier alpha value is -4.02. The Morgan fingerprint density at radius 3 is 1.88 bits per heavy atom. The summed E-state index contributed by atoms with van der Waals surface area (Å²) >= 11 is 0. The number of pyridine rings is 1. The van der Waals surface area contributed by atoms with E-state index < -0.39 is 5.60 Å². The number of rotatable bonds is 14. The van der Waals surface area contributed by atoms with Crippen LogP contribution in [-0.2, 0) is 31.0 Å². The number of aryl methyl sites for hydroxylation is 1. The summed E-state index contributed by atoms with van der Waals surface area (Å²) in [6.45, 7) is 9.65. The maximum Gasteiger partial charge on any atom is 0.157 e. The number of nitrogens with zero attached hydrogens (tertiary/aromatic N) is 4. The number of aromatic nitrogens is 3. The molecule has 0 aliphatic rings. The molecule has 0 aliphatic heterocycles. The minimum atomic E-state index is -0.960. The Bertz CT molecular complexity index is 1450. The van der Waals surface area contributed by atoms with Crippen LogP contribution in [0.25, 0.3) is 11.0 Å². The highest BCUT2D eigenvalue weighted by molar-refractivity contribution is 5.87. The molecular weight excluding hydrogens is 536 g/mol. The highest BCUT2D eigenvalue weighted by Gasteiger charge is 2.25. The smallest absolute Gasteiger partial charge is 0.157 e. The van der Waals surface area contributed by atoms with Crippen LogP contribution in [0, 0.1) is 6.92 Å². The fraction of sp³-hybridized carbons (Fsp3) is 0.438. The van der Waals surface area contributed by atoms with Crippen molar-refractivity contribution in [3.8, 4) is 23.0 Å². The molecule has 0 bridgehead atoms. The molecule has 0 atom stereocenters. The van der Waals surface area contributed by atoms with Gasteiger partial charge in [0.2, 0.25) is 0 Å². The molecule has 0 fully saturated rings. The molecule has 0 unspecified atom stereocenters. The number of methoxy groups -OCH3 is 4. The lowest BCUT2D eigenvalue weighted by molar-refractivity contribution is 0.0582. The van der Waals surface area contributed by atoms with E-state index in [1.807, 2.05) is 60.9 Å². The SMILES string of the molecule is CCOCc1nc2c(N(Cc3ccc(OC)cc3OC)Cc3ccc(OC)cc3OC)nc(C)cc2n1CC(C)(C)O. The monoisotopic (exact) mass is 578 g/mol. The summed E-state index contributed by atoms with van der Waals surface area (Å²) in [7, 11) is 6.56. The Kier molecular flexibility index (Phi) is 9.80. The Balaban J connectivity index is 1.92. The zero-order valence-electron chi connectivity index (χ0n) is 25.9. The van der Waals surface area contributed by atoms with Crippen LogP contribution in [0.1, 0.15) is 43.4 Å². The van der Waals surface area contributed by atoms with Gasteiger partial charge in [0.1, 0.15) is 40.9 Å². The number of imidazole rings is 1. The zero-order valence-corrected chi connectivity index (χ0v) is 25.9. The summed E-state index contributed by atoms with van der Waals surface area (Å²) in [5, 5.41) is 10.8. The summed E-state index contributed by atoms with van der Waals surface area (Å²) in [4.78, 5) is 12.2. The number of aliphatic hydroxyl groups is 1. The van der Waals surface area contributed by atoms with E-state index in [9.17, 15) is 5.11 Å². The van der Waals surface area contributed by atoms with Crippen LogP contribution >= 0.6 is 0 Å². The van der Waals surface area contributed by atoms with Crippen molar-refractivity contribution in [2.75, 3.05) is 39.9 Å². The zero-order chi connectivity index (χ0) is 30.4. The average Bonchev–Trinajstić information content (AvgIpc) is 3.30. The van der Waals surface area contributed by atoms with Crippen LogP contribution in [0.4, 0.5) is 5.82 Å². The molecule has 0 amide bonds. The average molecular weight is 579 g/mol. The molecule has 2 heterocycles. The molecule has 0 saturated carbocycles. The lowest BCUT2D eigenvalue weighted by Gasteiger charge is -2.27. The molecule has 0 aliphatic carbocycles. The first-order valence-corrected chi connectivity index (χ1v) is 13.9. The van der Waals surface area contributed by atoms with Crippen molar-refractivity contribution in [1.29, 1.82) is 0 Å². The van der Waals surface area contributed by atoms with Gasteiger partial charge in [-0.3, -0.25) is 0 Å². The second-order valence-electron chi connectivity index (χ2n) is 10.7. The molecule has 4 rings (SSSR count). The fourth-order valence-corrected chi connectivity index (χ4v) is 4.94. The van der Waals surface area contributed by atoms with Gasteiger partial charge in [-0.2, -0.15) is 0 Å². The van der Waals surface area contributed by atoms with Crippen LogP contribution in [0.2, 0.25) is 0 Å². The number of hydrogen-bond donors (Lipinski definition) is 1. The van der Waals surface area contributed by atoms with Crippen LogP contribution in [-0.4, -0.2) is 60.3 Å². The van der Waals surface area contributed by atoms with E-state index in [2.05, 4.69) is 4.90 Å². The molecule has 10 nitrogen and oxygen atoms in total. The van der Waals surface area contributed by atoms with E-state index in [4.69, 9.17) is 33.7 Å². The van der Waals surface area contributed by atoms with Gasteiger partial charge < -0.3 is 38.3 Å². The molecule has 42 heavy (non-hydrogen) atoms. The molecule has 0 saturated heterocycles. The van der Waals surface area contributed by atoms with Gasteiger partial charge >= 0.3 is 0 Å². The quantitative estimate of drug-likeness (QED) is 0.214. The highest BCUT2D eigenvalue weighted by Crippen LogP contribution is 2.34. The van der Waals surface area contributed by atoms with Gasteiger partial charge in [-0.05, 0) is 58.0 Å². The van der Waals surface area contributed by atoms with Crippen molar-refractivity contribution in [3.05, 3.63) is 65.1 Å². The van der Waals surface area contributed by atoms with E-state index in [0.29, 0.717) is 61.7 Å². The number of ether oxygens (including phenoxy) is 5. The van der Waals surface area contributed by atoms with E-state index in [1.165, 1.54) is 0 Å². The molecule has 2 aromatic carbocycles. The third-order valence-electron chi connectivity index (χ3n) is 6.92. The molecule has 4 aromatic rings. The van der Waals surface area contributed by atoms with Crippen LogP contribution < -0.4 is 23.8 Å². The van der Waals surface area contributed by atoms with Crippen LogP contribution in [0.5, 0.6) is 23.0 Å². The summed E-state index contributed by atoms with van der Waals surface area (Å²) < 4.78 is 30.2. The molecule has 1 N–H and O–H groups in total. The molecule has 10 heteroatoms. The summed E-state index contributed by atoms with van der Waals surface area (Å²) in [6, 6.07) is 13.6. The van der Waals surface area contributed by atoms with Crippen molar-refractivity contribution in [1.82, 2.24) is 14.5 Å². The predicted octanol–water partition coefficient (Wildman–Crippen LogP) is 5.29. The lowest BCUT2D eigenvalue weighted by Crippen LogP contribution is -2.27. The minimum absolute atomic E-state index is 0.318. The minimum Gasteiger partial charge on any atom is -0.497 e. The lowest BCUT2D eigenvalue weighted by atomic mass is 10.1. The van der Waals surface area contributed by atoms with Gasteiger partial charge in [0, 0.05) is 48.6 Å². The first kappa shape index (κ1) is 30.9. The summed E-state index contributed by atoms with van der Waals surface area (Å²) in [6.07, 6.45) is 0. The fourth-order valence-electron chi connectivity index (χ4n) is 4.94. The largest absolute Gasteiger partial charge is 0.497 e. The van der Waals surface area contributed by atoms with Crippen molar-refractivity contribution in [2.24, 2.45) is 0 Å². The second kappa shape index (κ2) is 13.3. The third kappa shape index (κ3) is 7.06. The van der Waals surface area contributed by atoms with Crippen molar-refractivity contribution < 1.29 is 28.8 Å². The third-order valence-corrected chi connectivity index (χ3v) is 6.92. The van der Waals surface area contributed by atoms with Gasteiger partial charge in [0.15, 0.2) is 5.82 Å². The Labute approximate surface area is 247 Å². The number of benzene rings is 2. The van der Waals surface area contributed by atoms with Crippen LogP contribution in [0.3, 0.4) is 0 Å². The topological polar surface area (TPSA) is 100 Å². The number of anilines is 1. The van der Waals surface area contributed by atoms with E-state index >= 15 is 0 Å². The molecular formula is C32H42N4O6. The second-order valence-corrected chi connectivity index (χ2v) is 10.7. The number of hydrogen-bond acceptors (Lipinski definition) is 9. The van der Waals surface area contributed by atoms with Crippen molar-refractivity contribution in [2.45, 2.75) is 59.5 Å². The van der Waals surface area contributed by atoms with E-state index in [1.54, 1.807) is 42.3 Å². The summed E-state index contributed by atoms with van der Waals surface area (Å²) in [5.41, 5.74) is 3.37. The highest BCUT2D eigenvalue weighted by atomic mass is 16.5. The molecule has 0 spiro atoms. The van der Waals surface area contributed by atoms with Gasteiger partial charge in [0.05, 0.1) is 46.1 Å². The Morgan fingerprint density at radius 2 is 1.40 bits per heavy atom. The van der Waals surface area contributed by atoms with Gasteiger partial charge in [-0.15, -0.1) is 0 Å². The Morgan fingerprint density at radius 1 is 0.833 bits per heavy atom. The van der Waals surface area contributed by atoms with Gasteiger partial charge in [-0.25, -0.2) is 9.97 Å². The first-order valence-electron chi connectivity index (χ1n) is 13.9. The summed E-state index contributed by atoms with van der Waals surface area (Å²) in [5.74, 6) is 4.26. The number of fused-ring (bicyclic) bond motifs is 1. The van der Waals surface area contributed by atoms with Crippen molar-refractivity contribution >= 4 is 16.9 Å². The molecule has 226 valence electrons. The molecule has 2 aromatic heterocycles. The molecule has 0 radical (unpaired) electrons. The standard InChI is InChI=1S/C32H42N4O6/c1-9-42-19-29-34-30-26(36(29)20-32(3,4)37)14-21(2)33-31(30)35(17-22-10-12-24(38-5)15-27(22)40-7)18-23-11-13-25(39-6)16-28(23)41-8/h10-16,37H,9,17-20H2,1-8H3. The van der Waals surface area contributed by atoms with Gasteiger partial charge in [-0.1, -0.05) is 0 Å². The van der Waals surface area contributed by atoms with Crippen LogP contribution in [0.15, 0.2) is 42.5 Å². The maximum absolute atomic E-state index is 10.8. The van der Waals surface area contributed by atoms with Crippen molar-refractivity contribution in [3.63, 3.8) is 0 Å².